The summed E-state index contributed by atoms with van der Waals surface area (Å²) in [6, 6.07) is 3.39. The van der Waals surface area contributed by atoms with E-state index < -0.39 is 0 Å². The second-order valence-electron chi connectivity index (χ2n) is 2.57. The van der Waals surface area contributed by atoms with Gasteiger partial charge in [0.05, 0.1) is 5.69 Å². The minimum atomic E-state index is 0.164. The second kappa shape index (κ2) is 4.18. The predicted octanol–water partition coefficient (Wildman–Crippen LogP) is 2.02. The topological polar surface area (TPSA) is 49.3 Å². The van der Waals surface area contributed by atoms with Gasteiger partial charge < -0.3 is 10.4 Å². The molecule has 1 rings (SSSR count). The number of phenolic OH excluding ortho intramolecular Hbond substituents is 1. The summed E-state index contributed by atoms with van der Waals surface area (Å²) >= 11 is 1.06. The number of thioether (sulfide) groups is 1. The summed E-state index contributed by atoms with van der Waals surface area (Å²) in [4.78, 5) is 11.1. The lowest BCUT2D eigenvalue weighted by Gasteiger charge is -2.10. The third kappa shape index (κ3) is 1.95. The minimum absolute atomic E-state index is 0.164. The first-order valence-electron chi connectivity index (χ1n) is 3.81. The lowest BCUT2D eigenvalue weighted by molar-refractivity contribution is 0.476. The van der Waals surface area contributed by atoms with Crippen molar-refractivity contribution in [1.82, 2.24) is 0 Å². The van der Waals surface area contributed by atoms with Crippen LogP contribution in [0.1, 0.15) is 5.56 Å². The molecule has 0 fully saturated rings. The zero-order valence-corrected chi connectivity index (χ0v) is 8.31. The van der Waals surface area contributed by atoms with Crippen molar-refractivity contribution in [2.75, 3.05) is 12.4 Å². The molecule has 70 valence electrons. The van der Waals surface area contributed by atoms with E-state index in [0.29, 0.717) is 5.69 Å². The molecule has 0 spiro atoms. The number of phenols is 1. The lowest BCUT2D eigenvalue weighted by atomic mass is 10.2. The van der Waals surface area contributed by atoms with Gasteiger partial charge in [0.1, 0.15) is 5.75 Å². The summed E-state index contributed by atoms with van der Waals surface area (Å²) < 4.78 is 0. The zero-order chi connectivity index (χ0) is 9.84. The molecule has 2 N–H and O–H groups in total. The average molecular weight is 197 g/mol. The van der Waals surface area contributed by atoms with E-state index in [0.717, 1.165) is 27.8 Å². The van der Waals surface area contributed by atoms with Crippen LogP contribution in [-0.4, -0.2) is 17.8 Å². The second-order valence-corrected chi connectivity index (χ2v) is 3.41. The maximum atomic E-state index is 10.4. The van der Waals surface area contributed by atoms with Crippen LogP contribution in [-0.2, 0) is 4.79 Å². The van der Waals surface area contributed by atoms with Gasteiger partial charge in [0.15, 0.2) is 5.62 Å². The molecule has 0 radical (unpaired) electrons. The van der Waals surface area contributed by atoms with Crippen LogP contribution in [0.15, 0.2) is 17.0 Å². The Hall–Kier alpha value is -1.16. The number of aromatic hydroxyl groups is 1. The van der Waals surface area contributed by atoms with Gasteiger partial charge in [-0.25, -0.2) is 0 Å². The molecule has 4 heteroatoms. The van der Waals surface area contributed by atoms with Gasteiger partial charge in [0, 0.05) is 11.9 Å². The van der Waals surface area contributed by atoms with Crippen molar-refractivity contribution in [1.29, 1.82) is 0 Å². The molecule has 1 aromatic carbocycles. The Morgan fingerprint density at radius 3 is 2.77 bits per heavy atom. The average Bonchev–Trinajstić information content (AvgIpc) is 2.12. The van der Waals surface area contributed by atoms with Gasteiger partial charge in [0.2, 0.25) is 0 Å². The van der Waals surface area contributed by atoms with Gasteiger partial charge in [0.25, 0.3) is 0 Å². The molecule has 0 unspecified atom stereocenters. The largest absolute Gasteiger partial charge is 0.506 e. The van der Waals surface area contributed by atoms with Crippen molar-refractivity contribution >= 4 is 23.1 Å². The Labute approximate surface area is 81.2 Å². The van der Waals surface area contributed by atoms with Crippen LogP contribution in [0.2, 0.25) is 0 Å². The quantitative estimate of drug-likeness (QED) is 0.442. The number of rotatable bonds is 3. The van der Waals surface area contributed by atoms with Gasteiger partial charge in [-0.15, -0.1) is 0 Å². The van der Waals surface area contributed by atoms with Gasteiger partial charge in [-0.05, 0) is 18.6 Å². The Morgan fingerprint density at radius 1 is 1.54 bits per heavy atom. The van der Waals surface area contributed by atoms with E-state index in [4.69, 9.17) is 0 Å². The highest BCUT2D eigenvalue weighted by atomic mass is 32.2. The molecule has 0 aliphatic rings. The summed E-state index contributed by atoms with van der Waals surface area (Å²) in [6.45, 7) is 1.89. The molecule has 0 amide bonds. The third-order valence-corrected chi connectivity index (χ3v) is 2.61. The molecule has 13 heavy (non-hydrogen) atoms. The minimum Gasteiger partial charge on any atom is -0.506 e. The molecule has 0 aliphatic carbocycles. The van der Waals surface area contributed by atoms with Crippen LogP contribution in [0.5, 0.6) is 5.75 Å². The summed E-state index contributed by atoms with van der Waals surface area (Å²) in [5, 5.41) is 12.3. The van der Waals surface area contributed by atoms with Crippen LogP contribution in [0.25, 0.3) is 0 Å². The number of anilines is 1. The smallest absolute Gasteiger partial charge is 0.181 e. The van der Waals surface area contributed by atoms with Crippen molar-refractivity contribution in [3.63, 3.8) is 0 Å². The zero-order valence-electron chi connectivity index (χ0n) is 7.50. The van der Waals surface area contributed by atoms with Crippen molar-refractivity contribution in [2.45, 2.75) is 11.8 Å². The third-order valence-electron chi connectivity index (χ3n) is 1.75. The van der Waals surface area contributed by atoms with Crippen molar-refractivity contribution in [3.8, 4) is 5.75 Å². The molecule has 0 aliphatic heterocycles. The molecule has 0 heterocycles. The molecule has 3 nitrogen and oxygen atoms in total. The van der Waals surface area contributed by atoms with Gasteiger partial charge in [-0.2, -0.15) is 0 Å². The molecule has 0 bridgehead atoms. The maximum absolute atomic E-state index is 10.4. The molecular formula is C9H11NO2S. The van der Waals surface area contributed by atoms with E-state index in [1.807, 2.05) is 6.92 Å². The first-order valence-corrected chi connectivity index (χ1v) is 4.69. The molecule has 0 atom stereocenters. The van der Waals surface area contributed by atoms with Crippen molar-refractivity contribution in [2.24, 2.45) is 0 Å². The maximum Gasteiger partial charge on any atom is 0.181 e. The van der Waals surface area contributed by atoms with Crippen LogP contribution >= 0.6 is 11.8 Å². The summed E-state index contributed by atoms with van der Waals surface area (Å²) in [6.07, 6.45) is 0. The van der Waals surface area contributed by atoms with E-state index in [1.54, 1.807) is 19.2 Å². The standard InChI is InChI=1S/C9H11NO2S/c1-6-3-4-7(12)8(10-2)9(6)13-5-11/h3-5,10,12H,1-2H3. The summed E-state index contributed by atoms with van der Waals surface area (Å²) in [7, 11) is 1.71. The highest BCUT2D eigenvalue weighted by Gasteiger charge is 2.09. The van der Waals surface area contributed by atoms with Gasteiger partial charge >= 0.3 is 0 Å². The number of benzene rings is 1. The van der Waals surface area contributed by atoms with E-state index in [1.165, 1.54) is 0 Å². The van der Waals surface area contributed by atoms with E-state index in [9.17, 15) is 9.90 Å². The lowest BCUT2D eigenvalue weighted by Crippen LogP contribution is -1.93. The highest BCUT2D eigenvalue weighted by molar-refractivity contribution is 8.12. The number of hydrogen-bond acceptors (Lipinski definition) is 4. The van der Waals surface area contributed by atoms with Crippen molar-refractivity contribution < 1.29 is 9.90 Å². The number of carbonyl (C=O) groups is 1. The number of carbonyl (C=O) groups excluding carboxylic acids is 1. The molecule has 1 aromatic rings. The Balaban J connectivity index is 3.25. The number of nitrogens with one attached hydrogen (secondary N) is 1. The van der Waals surface area contributed by atoms with E-state index in [2.05, 4.69) is 5.32 Å². The Kier molecular flexibility index (Phi) is 3.19. The summed E-state index contributed by atoms with van der Waals surface area (Å²) in [5.41, 5.74) is 2.33. The first-order chi connectivity index (χ1) is 6.20. The fraction of sp³-hybridized carbons (Fsp3) is 0.222. The van der Waals surface area contributed by atoms with Gasteiger partial charge in [-0.3, -0.25) is 4.79 Å². The first kappa shape index (κ1) is 9.92. The molecular weight excluding hydrogens is 186 g/mol. The van der Waals surface area contributed by atoms with Crippen LogP contribution in [0.4, 0.5) is 5.69 Å². The van der Waals surface area contributed by atoms with Crippen molar-refractivity contribution in [3.05, 3.63) is 17.7 Å². The summed E-state index contributed by atoms with van der Waals surface area (Å²) in [5.74, 6) is 0.164. The van der Waals surface area contributed by atoms with Crippen LogP contribution in [0.3, 0.4) is 0 Å². The highest BCUT2D eigenvalue weighted by Crippen LogP contribution is 2.35. The number of aryl methyl sites for hydroxylation is 1. The molecule has 0 saturated heterocycles. The number of hydrogen-bond donors (Lipinski definition) is 2. The predicted molar refractivity (Wildman–Crippen MR) is 55.0 cm³/mol. The van der Waals surface area contributed by atoms with Gasteiger partial charge in [-0.1, -0.05) is 17.8 Å². The monoisotopic (exact) mass is 197 g/mol. The SMILES string of the molecule is CNc1c(O)ccc(C)c1SC=O. The fourth-order valence-corrected chi connectivity index (χ4v) is 1.79. The fourth-order valence-electron chi connectivity index (χ4n) is 1.12. The molecule has 0 saturated carbocycles. The molecule has 0 aromatic heterocycles. The normalized spacial score (nSPS) is 9.69. The van der Waals surface area contributed by atoms with E-state index >= 15 is 0 Å². The van der Waals surface area contributed by atoms with Crippen LogP contribution < -0.4 is 5.32 Å². The van der Waals surface area contributed by atoms with Crippen LogP contribution in [0, 0.1) is 6.92 Å². The Bertz CT molecular complexity index is 326. The Morgan fingerprint density at radius 2 is 2.23 bits per heavy atom. The van der Waals surface area contributed by atoms with E-state index in [-0.39, 0.29) is 5.75 Å².